The van der Waals surface area contributed by atoms with Crippen molar-refractivity contribution in [3.05, 3.63) is 60.0 Å². The average Bonchev–Trinajstić information content (AvgIpc) is 3.15. The van der Waals surface area contributed by atoms with Crippen molar-refractivity contribution in [2.24, 2.45) is 0 Å². The van der Waals surface area contributed by atoms with Crippen molar-refractivity contribution in [2.75, 3.05) is 12.3 Å². The van der Waals surface area contributed by atoms with Gasteiger partial charge in [-0.1, -0.05) is 6.07 Å². The summed E-state index contributed by atoms with van der Waals surface area (Å²) in [5.74, 6) is -1.06. The second kappa shape index (κ2) is 8.80. The molecular weight excluding hydrogens is 410 g/mol. The van der Waals surface area contributed by atoms with Gasteiger partial charge in [0.2, 0.25) is 5.95 Å². The first kappa shape index (κ1) is 20.9. The number of rotatable bonds is 7. The number of anilines is 1. The predicted molar refractivity (Wildman–Crippen MR) is 118 cm³/mol. The molecule has 0 bridgehead atoms. The van der Waals surface area contributed by atoms with Crippen molar-refractivity contribution >= 4 is 23.5 Å². The van der Waals surface area contributed by atoms with Gasteiger partial charge in [0.05, 0.1) is 11.4 Å². The Labute approximate surface area is 183 Å². The highest BCUT2D eigenvalue weighted by atomic mass is 16.4. The van der Waals surface area contributed by atoms with Gasteiger partial charge in [-0.3, -0.25) is 19.0 Å². The number of fused-ring (bicyclic) bond motifs is 1. The van der Waals surface area contributed by atoms with Crippen LogP contribution in [-0.4, -0.2) is 47.9 Å². The maximum Gasteiger partial charge on any atom is 0.303 e. The van der Waals surface area contributed by atoms with E-state index in [0.717, 1.165) is 5.69 Å². The Bertz CT molecular complexity index is 1320. The quantitative estimate of drug-likeness (QED) is 0.378. The van der Waals surface area contributed by atoms with Crippen LogP contribution in [0.5, 0.6) is 0 Å². The number of carboxylic acids is 1. The Hall–Kier alpha value is -4.34. The molecule has 4 heterocycles. The minimum absolute atomic E-state index is 0.00213. The van der Waals surface area contributed by atoms with Gasteiger partial charge in [0.25, 0.3) is 5.91 Å². The van der Waals surface area contributed by atoms with Crippen molar-refractivity contribution in [1.29, 1.82) is 0 Å². The maximum absolute atomic E-state index is 12.5. The average molecular weight is 431 g/mol. The number of aromatic nitrogens is 5. The van der Waals surface area contributed by atoms with Crippen molar-refractivity contribution < 1.29 is 14.7 Å². The van der Waals surface area contributed by atoms with Crippen LogP contribution in [0.3, 0.4) is 0 Å². The molecule has 32 heavy (non-hydrogen) atoms. The van der Waals surface area contributed by atoms with E-state index in [0.29, 0.717) is 40.4 Å². The molecule has 1 amide bonds. The molecule has 0 unspecified atom stereocenters. The van der Waals surface area contributed by atoms with Crippen molar-refractivity contribution in [3.8, 4) is 22.8 Å². The standard InChI is InChI=1S/C22H21N7O3/c1-13-4-2-5-15(26-13)19-20(16-7-10-25-22(23)27-16)29-11-8-14(12-17(29)28-19)21(32)24-9-3-6-18(30)31/h2,4-5,7-8,10-12H,3,6,9H2,1H3,(H,24,32)(H,30,31)(H2,23,25,27). The number of amides is 1. The number of carbonyl (C=O) groups is 2. The number of nitrogens with one attached hydrogen (secondary N) is 1. The summed E-state index contributed by atoms with van der Waals surface area (Å²) in [5.41, 5.74) is 10.1. The Balaban J connectivity index is 1.76. The molecule has 0 saturated carbocycles. The van der Waals surface area contributed by atoms with Crippen LogP contribution in [0, 0.1) is 6.92 Å². The maximum atomic E-state index is 12.5. The molecule has 0 aliphatic heterocycles. The second-order valence-corrected chi connectivity index (χ2v) is 7.17. The lowest BCUT2D eigenvalue weighted by molar-refractivity contribution is -0.137. The fourth-order valence-corrected chi connectivity index (χ4v) is 3.33. The molecule has 4 N–H and O–H groups in total. The molecule has 0 aliphatic carbocycles. The highest BCUT2D eigenvalue weighted by Gasteiger charge is 2.19. The van der Waals surface area contributed by atoms with Crippen LogP contribution in [0.15, 0.2) is 48.8 Å². The molecule has 0 aromatic carbocycles. The summed E-state index contributed by atoms with van der Waals surface area (Å²) >= 11 is 0. The summed E-state index contributed by atoms with van der Waals surface area (Å²) in [6.07, 6.45) is 3.66. The van der Waals surface area contributed by atoms with Crippen LogP contribution in [0.2, 0.25) is 0 Å². The van der Waals surface area contributed by atoms with Crippen LogP contribution in [0.25, 0.3) is 28.4 Å². The first-order chi connectivity index (χ1) is 15.4. The zero-order chi connectivity index (χ0) is 22.7. The van der Waals surface area contributed by atoms with Crippen LogP contribution in [-0.2, 0) is 4.79 Å². The van der Waals surface area contributed by atoms with E-state index in [-0.39, 0.29) is 24.8 Å². The lowest BCUT2D eigenvalue weighted by Gasteiger charge is -2.07. The Morgan fingerprint density at radius 3 is 2.72 bits per heavy atom. The van der Waals surface area contributed by atoms with Gasteiger partial charge in [0.1, 0.15) is 17.0 Å². The van der Waals surface area contributed by atoms with Gasteiger partial charge in [0.15, 0.2) is 0 Å². The van der Waals surface area contributed by atoms with Crippen LogP contribution < -0.4 is 11.1 Å². The summed E-state index contributed by atoms with van der Waals surface area (Å²) in [5, 5.41) is 11.4. The van der Waals surface area contributed by atoms with Gasteiger partial charge in [-0.15, -0.1) is 0 Å². The number of imidazole rings is 1. The summed E-state index contributed by atoms with van der Waals surface area (Å²) < 4.78 is 1.82. The molecule has 4 aromatic heterocycles. The fraction of sp³-hybridized carbons (Fsp3) is 0.182. The Morgan fingerprint density at radius 1 is 1.12 bits per heavy atom. The minimum atomic E-state index is -0.895. The number of hydrogen-bond donors (Lipinski definition) is 3. The number of pyridine rings is 2. The normalized spacial score (nSPS) is 10.9. The number of aliphatic carboxylic acids is 1. The smallest absolute Gasteiger partial charge is 0.303 e. The molecule has 0 fully saturated rings. The molecule has 0 atom stereocenters. The largest absolute Gasteiger partial charge is 0.481 e. The minimum Gasteiger partial charge on any atom is -0.481 e. The molecule has 10 heteroatoms. The van der Waals surface area contributed by atoms with Gasteiger partial charge in [-0.05, 0) is 43.7 Å². The number of nitrogen functional groups attached to an aromatic ring is 1. The number of carboxylic acid groups (broad SMARTS) is 1. The molecule has 10 nitrogen and oxygen atoms in total. The molecule has 0 saturated heterocycles. The third kappa shape index (κ3) is 4.38. The third-order valence-corrected chi connectivity index (χ3v) is 4.79. The van der Waals surface area contributed by atoms with Gasteiger partial charge in [-0.25, -0.2) is 15.0 Å². The SMILES string of the molecule is Cc1cccc(-c2nc3cc(C(=O)NCCCC(=O)O)ccn3c2-c2ccnc(N)n2)n1. The van der Waals surface area contributed by atoms with E-state index < -0.39 is 5.97 Å². The van der Waals surface area contributed by atoms with Crippen molar-refractivity contribution in [3.63, 3.8) is 0 Å². The summed E-state index contributed by atoms with van der Waals surface area (Å²) in [6.45, 7) is 2.17. The van der Waals surface area contributed by atoms with E-state index in [9.17, 15) is 9.59 Å². The fourth-order valence-electron chi connectivity index (χ4n) is 3.33. The Morgan fingerprint density at radius 2 is 1.97 bits per heavy atom. The van der Waals surface area contributed by atoms with Crippen molar-refractivity contribution in [2.45, 2.75) is 19.8 Å². The number of carbonyl (C=O) groups excluding carboxylic acids is 1. The Kier molecular flexibility index (Phi) is 5.75. The monoisotopic (exact) mass is 431 g/mol. The molecule has 0 radical (unpaired) electrons. The van der Waals surface area contributed by atoms with E-state index >= 15 is 0 Å². The molecule has 0 spiro atoms. The number of aryl methyl sites for hydroxylation is 1. The van der Waals surface area contributed by atoms with Crippen LogP contribution in [0.1, 0.15) is 28.9 Å². The molecule has 4 aromatic rings. The van der Waals surface area contributed by atoms with Gasteiger partial charge in [-0.2, -0.15) is 0 Å². The zero-order valence-corrected chi connectivity index (χ0v) is 17.3. The number of hydrogen-bond acceptors (Lipinski definition) is 7. The first-order valence-corrected chi connectivity index (χ1v) is 9.97. The van der Waals surface area contributed by atoms with Gasteiger partial charge in [0, 0.05) is 36.6 Å². The van der Waals surface area contributed by atoms with Crippen LogP contribution >= 0.6 is 0 Å². The number of nitrogens with zero attached hydrogens (tertiary/aromatic N) is 5. The van der Waals surface area contributed by atoms with Crippen LogP contribution in [0.4, 0.5) is 5.95 Å². The second-order valence-electron chi connectivity index (χ2n) is 7.17. The van der Waals surface area contributed by atoms with E-state index in [1.54, 1.807) is 30.6 Å². The van der Waals surface area contributed by atoms with Gasteiger partial charge >= 0.3 is 5.97 Å². The first-order valence-electron chi connectivity index (χ1n) is 9.97. The summed E-state index contributed by atoms with van der Waals surface area (Å²) in [6, 6.07) is 10.7. The zero-order valence-electron chi connectivity index (χ0n) is 17.3. The highest BCUT2D eigenvalue weighted by Crippen LogP contribution is 2.31. The van der Waals surface area contributed by atoms with Gasteiger partial charge < -0.3 is 16.2 Å². The number of nitrogens with two attached hydrogens (primary N) is 1. The molecular formula is C22H21N7O3. The van der Waals surface area contributed by atoms with E-state index in [2.05, 4.69) is 20.3 Å². The molecule has 162 valence electrons. The van der Waals surface area contributed by atoms with E-state index in [4.69, 9.17) is 15.8 Å². The highest BCUT2D eigenvalue weighted by molar-refractivity contribution is 5.95. The van der Waals surface area contributed by atoms with E-state index in [1.807, 2.05) is 29.5 Å². The summed E-state index contributed by atoms with van der Waals surface area (Å²) in [4.78, 5) is 40.8. The summed E-state index contributed by atoms with van der Waals surface area (Å²) in [7, 11) is 0. The molecule has 4 rings (SSSR count). The van der Waals surface area contributed by atoms with Crippen molar-refractivity contribution in [1.82, 2.24) is 29.7 Å². The molecule has 0 aliphatic rings. The lowest BCUT2D eigenvalue weighted by atomic mass is 10.1. The topological polar surface area (TPSA) is 148 Å². The van der Waals surface area contributed by atoms with E-state index in [1.165, 1.54) is 0 Å². The predicted octanol–water partition coefficient (Wildman–Crippen LogP) is 2.34. The third-order valence-electron chi connectivity index (χ3n) is 4.79. The lowest BCUT2D eigenvalue weighted by Crippen LogP contribution is -2.25.